The number of hydrogen-bond acceptors (Lipinski definition) is 4. The third-order valence-corrected chi connectivity index (χ3v) is 2.88. The molecule has 1 N–H and O–H groups in total. The van der Waals surface area contributed by atoms with E-state index in [1.165, 1.54) is 22.9 Å². The van der Waals surface area contributed by atoms with E-state index in [1.807, 2.05) is 0 Å². The van der Waals surface area contributed by atoms with Crippen LogP contribution in [-0.2, 0) is 7.05 Å². The van der Waals surface area contributed by atoms with Crippen molar-refractivity contribution in [2.75, 3.05) is 0 Å². The minimum absolute atomic E-state index is 0.102. The number of nitro benzene ring substituents is 1. The Hall–Kier alpha value is -2.70. The van der Waals surface area contributed by atoms with Gasteiger partial charge in [-0.3, -0.25) is 19.6 Å². The predicted molar refractivity (Wildman–Crippen MR) is 65.5 cm³/mol. The van der Waals surface area contributed by atoms with Crippen LogP contribution in [0.25, 0.3) is 21.9 Å². The summed E-state index contributed by atoms with van der Waals surface area (Å²) in [6.07, 6.45) is 1.55. The van der Waals surface area contributed by atoms with Crippen LogP contribution in [0.15, 0.2) is 29.2 Å². The van der Waals surface area contributed by atoms with Crippen molar-refractivity contribution in [1.29, 1.82) is 0 Å². The number of pyridine rings is 1. The van der Waals surface area contributed by atoms with Gasteiger partial charge >= 0.3 is 0 Å². The zero-order chi connectivity index (χ0) is 12.9. The minimum Gasteiger partial charge on any atom is -0.352 e. The van der Waals surface area contributed by atoms with E-state index in [0.717, 1.165) is 0 Å². The molecule has 0 aliphatic carbocycles. The second kappa shape index (κ2) is 3.39. The summed E-state index contributed by atoms with van der Waals surface area (Å²) in [5, 5.41) is 15.0. The topological polar surface area (TPSA) is 93.8 Å². The van der Waals surface area contributed by atoms with E-state index in [0.29, 0.717) is 21.9 Å². The normalized spacial score (nSPS) is 11.2. The fourth-order valence-electron chi connectivity index (χ4n) is 2.01. The average Bonchev–Trinajstić information content (AvgIpc) is 2.71. The van der Waals surface area contributed by atoms with E-state index in [-0.39, 0.29) is 11.1 Å². The summed E-state index contributed by atoms with van der Waals surface area (Å²) in [5.74, 6) is 0. The minimum atomic E-state index is -0.522. The van der Waals surface area contributed by atoms with Crippen molar-refractivity contribution in [1.82, 2.24) is 14.8 Å². The SMILES string of the molecule is Cn1ncc2[nH]c3ccc([N+](=O)[O-])cc3c(=O)c21. The molecule has 90 valence electrons. The first-order valence-corrected chi connectivity index (χ1v) is 5.20. The molecule has 0 saturated carbocycles. The van der Waals surface area contributed by atoms with Crippen molar-refractivity contribution in [3.05, 3.63) is 44.7 Å². The van der Waals surface area contributed by atoms with Crippen LogP contribution in [0.5, 0.6) is 0 Å². The van der Waals surface area contributed by atoms with Crippen LogP contribution in [0.1, 0.15) is 0 Å². The highest BCUT2D eigenvalue weighted by Crippen LogP contribution is 2.19. The van der Waals surface area contributed by atoms with E-state index in [1.54, 1.807) is 13.2 Å². The summed E-state index contributed by atoms with van der Waals surface area (Å²) in [4.78, 5) is 25.5. The summed E-state index contributed by atoms with van der Waals surface area (Å²) in [6, 6.07) is 4.17. The molecule has 0 atom stereocenters. The Labute approximate surface area is 99.8 Å². The molecule has 18 heavy (non-hydrogen) atoms. The van der Waals surface area contributed by atoms with Crippen molar-refractivity contribution < 1.29 is 4.92 Å². The number of fused-ring (bicyclic) bond motifs is 2. The molecule has 7 heteroatoms. The largest absolute Gasteiger partial charge is 0.352 e. The third-order valence-electron chi connectivity index (χ3n) is 2.88. The molecule has 7 nitrogen and oxygen atoms in total. The monoisotopic (exact) mass is 244 g/mol. The fraction of sp³-hybridized carbons (Fsp3) is 0.0909. The maximum atomic E-state index is 12.2. The summed E-state index contributed by atoms with van der Waals surface area (Å²) in [7, 11) is 1.65. The zero-order valence-corrected chi connectivity index (χ0v) is 9.38. The van der Waals surface area contributed by atoms with E-state index in [2.05, 4.69) is 10.1 Å². The van der Waals surface area contributed by atoms with Crippen molar-refractivity contribution >= 4 is 27.6 Å². The number of aryl methyl sites for hydroxylation is 1. The Kier molecular flexibility index (Phi) is 1.97. The number of aromatic nitrogens is 3. The second-order valence-electron chi connectivity index (χ2n) is 3.97. The first-order chi connectivity index (χ1) is 8.58. The lowest BCUT2D eigenvalue weighted by molar-refractivity contribution is -0.384. The van der Waals surface area contributed by atoms with E-state index in [4.69, 9.17) is 0 Å². The molecule has 0 fully saturated rings. The van der Waals surface area contributed by atoms with Gasteiger partial charge in [-0.15, -0.1) is 0 Å². The molecule has 0 aliphatic heterocycles. The lowest BCUT2D eigenvalue weighted by Gasteiger charge is -1.99. The molecule has 2 aromatic heterocycles. The summed E-state index contributed by atoms with van der Waals surface area (Å²) in [6.45, 7) is 0. The molecule has 0 bridgehead atoms. The molecular weight excluding hydrogens is 236 g/mol. The van der Waals surface area contributed by atoms with Gasteiger partial charge in [-0.05, 0) is 6.07 Å². The number of H-pyrrole nitrogens is 1. The molecular formula is C11H8N4O3. The maximum Gasteiger partial charge on any atom is 0.270 e. The summed E-state index contributed by atoms with van der Waals surface area (Å²) in [5.41, 5.74) is 1.22. The van der Waals surface area contributed by atoms with Gasteiger partial charge in [0.05, 0.1) is 27.5 Å². The molecule has 2 heterocycles. The van der Waals surface area contributed by atoms with Gasteiger partial charge in [0.15, 0.2) is 0 Å². The fourth-order valence-corrected chi connectivity index (χ4v) is 2.01. The van der Waals surface area contributed by atoms with Crippen LogP contribution in [-0.4, -0.2) is 19.7 Å². The van der Waals surface area contributed by atoms with Crippen molar-refractivity contribution in [3.63, 3.8) is 0 Å². The number of aromatic amines is 1. The molecule has 0 spiro atoms. The van der Waals surface area contributed by atoms with Crippen LogP contribution in [0.4, 0.5) is 5.69 Å². The van der Waals surface area contributed by atoms with Gasteiger partial charge in [0.2, 0.25) is 5.43 Å². The van der Waals surface area contributed by atoms with E-state index >= 15 is 0 Å². The molecule has 0 radical (unpaired) electrons. The van der Waals surface area contributed by atoms with Crippen LogP contribution < -0.4 is 5.43 Å². The lowest BCUT2D eigenvalue weighted by Crippen LogP contribution is -2.08. The Morgan fingerprint density at radius 1 is 1.39 bits per heavy atom. The van der Waals surface area contributed by atoms with E-state index in [9.17, 15) is 14.9 Å². The number of rotatable bonds is 1. The Balaban J connectivity index is 2.51. The van der Waals surface area contributed by atoms with Gasteiger partial charge in [0.1, 0.15) is 5.52 Å². The van der Waals surface area contributed by atoms with Gasteiger partial charge in [-0.1, -0.05) is 0 Å². The van der Waals surface area contributed by atoms with Crippen LogP contribution in [0.2, 0.25) is 0 Å². The smallest absolute Gasteiger partial charge is 0.270 e. The number of nitrogens with zero attached hydrogens (tertiary/aromatic N) is 3. The lowest BCUT2D eigenvalue weighted by atomic mass is 10.1. The highest BCUT2D eigenvalue weighted by atomic mass is 16.6. The predicted octanol–water partition coefficient (Wildman–Crippen LogP) is 1.32. The average molecular weight is 244 g/mol. The molecule has 3 aromatic rings. The first kappa shape index (κ1) is 10.5. The molecule has 0 aliphatic rings. The molecule has 0 amide bonds. The van der Waals surface area contributed by atoms with Gasteiger partial charge < -0.3 is 4.98 Å². The standard InChI is InChI=1S/C11H8N4O3/c1-14-10-9(5-12-14)13-8-3-2-6(15(17)18)4-7(8)11(10)16/h2-5H,1H3,(H,13,16). The highest BCUT2D eigenvalue weighted by Gasteiger charge is 2.13. The van der Waals surface area contributed by atoms with Crippen LogP contribution in [0.3, 0.4) is 0 Å². The zero-order valence-electron chi connectivity index (χ0n) is 9.38. The third kappa shape index (κ3) is 1.30. The second-order valence-corrected chi connectivity index (χ2v) is 3.97. The Morgan fingerprint density at radius 2 is 2.17 bits per heavy atom. The summed E-state index contributed by atoms with van der Waals surface area (Å²) < 4.78 is 1.45. The summed E-state index contributed by atoms with van der Waals surface area (Å²) >= 11 is 0. The van der Waals surface area contributed by atoms with Crippen molar-refractivity contribution in [2.45, 2.75) is 0 Å². The maximum absolute atomic E-state index is 12.2. The van der Waals surface area contributed by atoms with Crippen LogP contribution >= 0.6 is 0 Å². The highest BCUT2D eigenvalue weighted by molar-refractivity contribution is 5.91. The molecule has 0 saturated heterocycles. The van der Waals surface area contributed by atoms with Gasteiger partial charge in [0, 0.05) is 19.2 Å². The van der Waals surface area contributed by atoms with Gasteiger partial charge in [-0.2, -0.15) is 5.10 Å². The molecule has 0 unspecified atom stereocenters. The number of nitrogens with one attached hydrogen (secondary N) is 1. The number of benzene rings is 1. The van der Waals surface area contributed by atoms with E-state index < -0.39 is 4.92 Å². The number of nitro groups is 1. The Bertz CT molecular complexity index is 846. The molecule has 1 aromatic carbocycles. The number of hydrogen-bond donors (Lipinski definition) is 1. The van der Waals surface area contributed by atoms with Gasteiger partial charge in [0.25, 0.3) is 5.69 Å². The Morgan fingerprint density at radius 3 is 2.89 bits per heavy atom. The first-order valence-electron chi connectivity index (χ1n) is 5.20. The molecule has 3 rings (SSSR count). The van der Waals surface area contributed by atoms with Crippen molar-refractivity contribution in [2.24, 2.45) is 7.05 Å². The number of non-ortho nitro benzene ring substituents is 1. The quantitative estimate of drug-likeness (QED) is 0.516. The van der Waals surface area contributed by atoms with Gasteiger partial charge in [-0.25, -0.2) is 0 Å². The van der Waals surface area contributed by atoms with Crippen molar-refractivity contribution in [3.8, 4) is 0 Å². The van der Waals surface area contributed by atoms with Crippen LogP contribution in [0, 0.1) is 10.1 Å².